The Bertz CT molecular complexity index is 254. The van der Waals surface area contributed by atoms with Crippen LogP contribution in [0.1, 0.15) is 13.8 Å². The molecule has 66 valence electrons. The lowest BCUT2D eigenvalue weighted by molar-refractivity contribution is -0.136. The molecule has 0 aromatic carbocycles. The number of nitrogens with one attached hydrogen (secondary N) is 1. The van der Waals surface area contributed by atoms with Gasteiger partial charge in [0.25, 0.3) is 0 Å². The highest BCUT2D eigenvalue weighted by atomic mass is 16.5. The first-order valence-corrected chi connectivity index (χ1v) is 3.66. The minimum absolute atomic E-state index is 0.186. The van der Waals surface area contributed by atoms with Crippen molar-refractivity contribution in [2.45, 2.75) is 13.8 Å². The van der Waals surface area contributed by atoms with Crippen molar-refractivity contribution in [3.8, 4) is 0 Å². The highest BCUT2D eigenvalue weighted by Crippen LogP contribution is 2.18. The predicted octanol–water partition coefficient (Wildman–Crippen LogP) is 0.658. The van der Waals surface area contributed by atoms with E-state index in [4.69, 9.17) is 0 Å². The molecule has 1 aliphatic rings. The van der Waals surface area contributed by atoms with Crippen LogP contribution in [0.4, 0.5) is 0 Å². The molecule has 0 atom stereocenters. The summed E-state index contributed by atoms with van der Waals surface area (Å²) in [7, 11) is 1.34. The second-order valence-electron chi connectivity index (χ2n) is 3.24. The molecule has 0 saturated heterocycles. The molecule has 0 bridgehead atoms. The Kier molecular flexibility index (Phi) is 2.17. The van der Waals surface area contributed by atoms with Crippen molar-refractivity contribution in [2.24, 2.45) is 10.5 Å². The lowest BCUT2D eigenvalue weighted by atomic mass is 9.93. The molecule has 0 saturated carbocycles. The fourth-order valence-corrected chi connectivity index (χ4v) is 0.924. The number of hydrogen-bond acceptors (Lipinski definition) is 4. The zero-order valence-corrected chi connectivity index (χ0v) is 7.42. The largest absolute Gasteiger partial charge is 0.464 e. The normalized spacial score (nSPS) is 19.4. The third-order valence-corrected chi connectivity index (χ3v) is 1.50. The molecular weight excluding hydrogens is 156 g/mol. The van der Waals surface area contributed by atoms with E-state index in [0.717, 1.165) is 0 Å². The molecule has 0 fully saturated rings. The maximum atomic E-state index is 11.0. The highest BCUT2D eigenvalue weighted by Gasteiger charge is 2.20. The van der Waals surface area contributed by atoms with Gasteiger partial charge in [-0.25, -0.2) is 4.79 Å². The van der Waals surface area contributed by atoms with E-state index >= 15 is 0 Å². The third-order valence-electron chi connectivity index (χ3n) is 1.50. The summed E-state index contributed by atoms with van der Waals surface area (Å²) in [5.41, 5.74) is 2.79. The fraction of sp³-hybridized carbons (Fsp3) is 0.500. The van der Waals surface area contributed by atoms with Gasteiger partial charge in [-0.1, -0.05) is 13.8 Å². The average Bonchev–Trinajstić information content (AvgIpc) is 2.01. The Labute approximate surface area is 71.3 Å². The number of rotatable bonds is 1. The molecule has 0 amide bonds. The minimum Gasteiger partial charge on any atom is -0.464 e. The standard InChI is InChI=1S/C8H12N2O2/c1-8(2)4-6(7(11)12-3)10-9-5-8/h4-5,10H,1-3H3. The number of allylic oxidation sites excluding steroid dienone is 1. The summed E-state index contributed by atoms with van der Waals surface area (Å²) in [5.74, 6) is -0.389. The molecule has 12 heavy (non-hydrogen) atoms. The molecule has 1 heterocycles. The number of ether oxygens (including phenoxy) is 1. The second-order valence-corrected chi connectivity index (χ2v) is 3.24. The third kappa shape index (κ3) is 1.84. The SMILES string of the molecule is COC(=O)C1=CC(C)(C)C=NN1. The van der Waals surface area contributed by atoms with Gasteiger partial charge in [-0.2, -0.15) is 5.10 Å². The van der Waals surface area contributed by atoms with Crippen molar-refractivity contribution in [1.29, 1.82) is 0 Å². The molecule has 0 aromatic rings. The molecule has 1 N–H and O–H groups in total. The van der Waals surface area contributed by atoms with E-state index in [9.17, 15) is 4.79 Å². The van der Waals surface area contributed by atoms with E-state index in [1.54, 1.807) is 12.3 Å². The summed E-state index contributed by atoms with van der Waals surface area (Å²) in [6, 6.07) is 0. The van der Waals surface area contributed by atoms with E-state index in [0.29, 0.717) is 5.70 Å². The molecule has 0 radical (unpaired) electrons. The van der Waals surface area contributed by atoms with E-state index in [2.05, 4.69) is 15.3 Å². The zero-order valence-electron chi connectivity index (χ0n) is 7.42. The number of methoxy groups -OCH3 is 1. The maximum Gasteiger partial charge on any atom is 0.355 e. The van der Waals surface area contributed by atoms with Crippen LogP contribution < -0.4 is 5.43 Å². The quantitative estimate of drug-likeness (QED) is 0.585. The van der Waals surface area contributed by atoms with E-state index in [-0.39, 0.29) is 11.4 Å². The van der Waals surface area contributed by atoms with Gasteiger partial charge in [-0.15, -0.1) is 0 Å². The predicted molar refractivity (Wildman–Crippen MR) is 45.5 cm³/mol. The second kappa shape index (κ2) is 2.97. The molecular formula is C8H12N2O2. The molecule has 0 unspecified atom stereocenters. The van der Waals surface area contributed by atoms with Gasteiger partial charge in [-0.05, 0) is 6.08 Å². The number of nitrogens with zero attached hydrogens (tertiary/aromatic N) is 1. The maximum absolute atomic E-state index is 11.0. The molecule has 0 spiro atoms. The molecule has 0 aliphatic carbocycles. The van der Waals surface area contributed by atoms with Crippen LogP contribution >= 0.6 is 0 Å². The van der Waals surface area contributed by atoms with Gasteiger partial charge in [0.15, 0.2) is 0 Å². The Hall–Kier alpha value is -1.32. The molecule has 1 aliphatic heterocycles. The van der Waals surface area contributed by atoms with Gasteiger partial charge in [-0.3, -0.25) is 5.43 Å². The summed E-state index contributed by atoms with van der Waals surface area (Å²) < 4.78 is 4.54. The Morgan fingerprint density at radius 3 is 2.83 bits per heavy atom. The fourth-order valence-electron chi connectivity index (χ4n) is 0.924. The summed E-state index contributed by atoms with van der Waals surface area (Å²) in [6.45, 7) is 3.92. The zero-order chi connectivity index (χ0) is 9.19. The van der Waals surface area contributed by atoms with Crippen molar-refractivity contribution in [1.82, 2.24) is 5.43 Å². The number of hydrogen-bond donors (Lipinski definition) is 1. The summed E-state index contributed by atoms with van der Waals surface area (Å²) in [5, 5.41) is 3.84. The van der Waals surface area contributed by atoms with Crippen LogP contribution in [0.3, 0.4) is 0 Å². The van der Waals surface area contributed by atoms with Crippen LogP contribution in [-0.2, 0) is 9.53 Å². The van der Waals surface area contributed by atoms with Gasteiger partial charge < -0.3 is 4.74 Å². The smallest absolute Gasteiger partial charge is 0.355 e. The average molecular weight is 168 g/mol. The van der Waals surface area contributed by atoms with Crippen LogP contribution in [0.2, 0.25) is 0 Å². The highest BCUT2D eigenvalue weighted by molar-refractivity contribution is 5.89. The topological polar surface area (TPSA) is 50.7 Å². The first kappa shape index (κ1) is 8.77. The number of esters is 1. The van der Waals surface area contributed by atoms with E-state index in [1.807, 2.05) is 13.8 Å². The summed E-state index contributed by atoms with van der Waals surface area (Å²) in [4.78, 5) is 11.0. The molecule has 0 aromatic heterocycles. The van der Waals surface area contributed by atoms with Crippen molar-refractivity contribution in [3.05, 3.63) is 11.8 Å². The van der Waals surface area contributed by atoms with Crippen LogP contribution in [0.15, 0.2) is 16.9 Å². The first-order valence-electron chi connectivity index (χ1n) is 3.66. The Balaban J connectivity index is 2.81. The van der Waals surface area contributed by atoms with Gasteiger partial charge in [0.1, 0.15) is 5.70 Å². The summed E-state index contributed by atoms with van der Waals surface area (Å²) >= 11 is 0. The summed E-state index contributed by atoms with van der Waals surface area (Å²) in [6.07, 6.45) is 3.52. The number of hydrazone groups is 1. The molecule has 1 rings (SSSR count). The van der Waals surface area contributed by atoms with Crippen molar-refractivity contribution in [3.63, 3.8) is 0 Å². The van der Waals surface area contributed by atoms with Gasteiger partial charge in [0.2, 0.25) is 0 Å². The van der Waals surface area contributed by atoms with Crippen LogP contribution in [0.25, 0.3) is 0 Å². The minimum atomic E-state index is -0.389. The Morgan fingerprint density at radius 2 is 2.33 bits per heavy atom. The first-order chi connectivity index (χ1) is 5.55. The molecule has 4 nitrogen and oxygen atoms in total. The van der Waals surface area contributed by atoms with Gasteiger partial charge in [0.05, 0.1) is 7.11 Å². The number of carbonyl (C=O) groups excluding carboxylic acids is 1. The van der Waals surface area contributed by atoms with E-state index < -0.39 is 0 Å². The monoisotopic (exact) mass is 168 g/mol. The van der Waals surface area contributed by atoms with E-state index in [1.165, 1.54) is 7.11 Å². The van der Waals surface area contributed by atoms with Gasteiger partial charge >= 0.3 is 5.97 Å². The lowest BCUT2D eigenvalue weighted by Gasteiger charge is -2.19. The van der Waals surface area contributed by atoms with Crippen LogP contribution in [-0.4, -0.2) is 19.3 Å². The van der Waals surface area contributed by atoms with Crippen molar-refractivity contribution < 1.29 is 9.53 Å². The number of carbonyl (C=O) groups is 1. The van der Waals surface area contributed by atoms with Gasteiger partial charge in [0, 0.05) is 11.6 Å². The van der Waals surface area contributed by atoms with Crippen LogP contribution in [0, 0.1) is 5.41 Å². The van der Waals surface area contributed by atoms with Crippen LogP contribution in [0.5, 0.6) is 0 Å². The Morgan fingerprint density at radius 1 is 1.67 bits per heavy atom. The van der Waals surface area contributed by atoms with Crippen molar-refractivity contribution >= 4 is 12.2 Å². The molecule has 4 heteroatoms. The lowest BCUT2D eigenvalue weighted by Crippen LogP contribution is -2.26. The van der Waals surface area contributed by atoms with Crippen molar-refractivity contribution in [2.75, 3.05) is 7.11 Å².